The van der Waals surface area contributed by atoms with E-state index in [1.165, 1.54) is 11.3 Å². The number of rotatable bonds is 3. The lowest BCUT2D eigenvalue weighted by Crippen LogP contribution is -2.16. The van der Waals surface area contributed by atoms with Crippen LogP contribution in [-0.2, 0) is 10.0 Å². The van der Waals surface area contributed by atoms with Crippen LogP contribution >= 0.6 is 22.9 Å². The first kappa shape index (κ1) is 15.6. The highest BCUT2D eigenvalue weighted by Crippen LogP contribution is 2.33. The number of aryl methyl sites for hydroxylation is 1. The van der Waals surface area contributed by atoms with Crippen molar-refractivity contribution < 1.29 is 8.42 Å². The Morgan fingerprint density at radius 2 is 2.10 bits per heavy atom. The molecule has 0 atom stereocenters. The van der Waals surface area contributed by atoms with Crippen LogP contribution in [0.15, 0.2) is 22.0 Å². The molecule has 2 aromatic rings. The van der Waals surface area contributed by atoms with Gasteiger partial charge in [-0.05, 0) is 25.5 Å². The van der Waals surface area contributed by atoms with Crippen molar-refractivity contribution in [2.45, 2.75) is 18.7 Å². The number of halogens is 1. The van der Waals surface area contributed by atoms with Crippen molar-refractivity contribution >= 4 is 38.0 Å². The summed E-state index contributed by atoms with van der Waals surface area (Å²) in [7, 11) is -3.93. The summed E-state index contributed by atoms with van der Waals surface area (Å²) in [6.45, 7) is 3.55. The maximum absolute atomic E-state index is 12.3. The van der Waals surface area contributed by atoms with Crippen LogP contribution in [0.5, 0.6) is 0 Å². The van der Waals surface area contributed by atoms with E-state index < -0.39 is 15.6 Å². The number of H-pyrrole nitrogens is 1. The van der Waals surface area contributed by atoms with Gasteiger partial charge in [-0.3, -0.25) is 9.52 Å². The Hall–Kier alpha value is -1.82. The van der Waals surface area contributed by atoms with Crippen molar-refractivity contribution in [2.24, 2.45) is 0 Å². The van der Waals surface area contributed by atoms with E-state index in [4.69, 9.17) is 16.9 Å². The number of thiophene rings is 1. The fourth-order valence-corrected chi connectivity index (χ4v) is 4.15. The van der Waals surface area contributed by atoms with Crippen LogP contribution < -0.4 is 10.3 Å². The smallest absolute Gasteiger partial charge is 0.266 e. The largest absolute Gasteiger partial charge is 0.326 e. The van der Waals surface area contributed by atoms with E-state index >= 15 is 0 Å². The summed E-state index contributed by atoms with van der Waals surface area (Å²) < 4.78 is 26.9. The molecule has 0 aromatic carbocycles. The lowest BCUT2D eigenvalue weighted by Gasteiger charge is -2.06. The quantitative estimate of drug-likeness (QED) is 0.892. The minimum Gasteiger partial charge on any atom is -0.326 e. The van der Waals surface area contributed by atoms with Crippen molar-refractivity contribution in [1.82, 2.24) is 4.98 Å². The van der Waals surface area contributed by atoms with Crippen LogP contribution in [-0.4, -0.2) is 13.4 Å². The molecule has 0 aliphatic rings. The van der Waals surface area contributed by atoms with E-state index in [-0.39, 0.29) is 20.5 Å². The molecule has 0 aliphatic carbocycles. The van der Waals surface area contributed by atoms with Gasteiger partial charge in [0.05, 0.1) is 5.56 Å². The third-order valence-electron chi connectivity index (χ3n) is 2.87. The van der Waals surface area contributed by atoms with Crippen LogP contribution in [0.4, 0.5) is 5.00 Å². The second-order valence-corrected chi connectivity index (χ2v) is 7.53. The number of pyridine rings is 1. The van der Waals surface area contributed by atoms with Crippen LogP contribution in [0.25, 0.3) is 0 Å². The fraction of sp³-hybridized carbons (Fsp3) is 0.167. The normalized spacial score (nSPS) is 11.1. The number of anilines is 1. The molecule has 2 N–H and O–H groups in total. The Morgan fingerprint density at radius 1 is 1.43 bits per heavy atom. The van der Waals surface area contributed by atoms with Crippen molar-refractivity contribution in [3.63, 3.8) is 0 Å². The van der Waals surface area contributed by atoms with E-state index in [1.54, 1.807) is 13.8 Å². The molecule has 0 amide bonds. The van der Waals surface area contributed by atoms with Gasteiger partial charge in [0, 0.05) is 11.1 Å². The summed E-state index contributed by atoms with van der Waals surface area (Å²) in [4.78, 5) is 14.1. The summed E-state index contributed by atoms with van der Waals surface area (Å²) >= 11 is 6.80. The van der Waals surface area contributed by atoms with Gasteiger partial charge in [0.25, 0.3) is 15.6 Å². The number of nitrogens with zero attached hydrogens (tertiary/aromatic N) is 1. The van der Waals surface area contributed by atoms with Crippen LogP contribution in [0, 0.1) is 25.2 Å². The summed E-state index contributed by atoms with van der Waals surface area (Å²) in [6, 6.07) is 3.04. The van der Waals surface area contributed by atoms with Crippen LogP contribution in [0.1, 0.15) is 16.0 Å². The second kappa shape index (κ2) is 5.52. The fourth-order valence-electron chi connectivity index (χ4n) is 1.61. The molecule has 2 aromatic heterocycles. The topological polar surface area (TPSA) is 103 Å². The Kier molecular flexibility index (Phi) is 4.09. The maximum atomic E-state index is 12.3. The molecule has 2 heterocycles. The Morgan fingerprint density at radius 3 is 2.67 bits per heavy atom. The first-order valence-electron chi connectivity index (χ1n) is 5.67. The van der Waals surface area contributed by atoms with E-state index in [2.05, 4.69) is 9.71 Å². The number of nitriles is 1. The molecule has 0 bridgehead atoms. The third kappa shape index (κ3) is 2.95. The molecule has 21 heavy (non-hydrogen) atoms. The molecule has 0 saturated carbocycles. The minimum absolute atomic E-state index is 0.181. The average molecular weight is 344 g/mol. The lowest BCUT2D eigenvalue weighted by molar-refractivity contribution is 0.601. The standard InChI is InChI=1S/C12H10ClN3O3S2/c1-6-7(2)20-12(9(6)4-14)16-21(18,19)8-3-10(13)11(17)15-5-8/h3,5,16H,1-2H3,(H,15,17). The third-order valence-corrected chi connectivity index (χ3v) is 5.73. The number of hydrogen-bond acceptors (Lipinski definition) is 5. The molecular formula is C12H10ClN3O3S2. The summed E-state index contributed by atoms with van der Waals surface area (Å²) in [5, 5.41) is 9.13. The van der Waals surface area contributed by atoms with Crippen molar-refractivity contribution in [2.75, 3.05) is 4.72 Å². The zero-order chi connectivity index (χ0) is 15.8. The molecule has 0 unspecified atom stereocenters. The summed E-state index contributed by atoms with van der Waals surface area (Å²) in [5.41, 5.74) is 0.451. The SMILES string of the molecule is Cc1sc(NS(=O)(=O)c2c[nH]c(=O)c(Cl)c2)c(C#N)c1C. The first-order chi connectivity index (χ1) is 9.76. The van der Waals surface area contributed by atoms with Gasteiger partial charge in [-0.1, -0.05) is 11.6 Å². The molecule has 0 radical (unpaired) electrons. The highest BCUT2D eigenvalue weighted by molar-refractivity contribution is 7.93. The van der Waals surface area contributed by atoms with Gasteiger partial charge in [-0.25, -0.2) is 8.42 Å². The molecule has 110 valence electrons. The van der Waals surface area contributed by atoms with E-state index in [9.17, 15) is 13.2 Å². The zero-order valence-electron chi connectivity index (χ0n) is 11.0. The van der Waals surface area contributed by atoms with E-state index in [0.29, 0.717) is 0 Å². The number of hydrogen-bond donors (Lipinski definition) is 2. The zero-order valence-corrected chi connectivity index (χ0v) is 13.4. The predicted molar refractivity (Wildman–Crippen MR) is 81.4 cm³/mol. The number of nitrogens with one attached hydrogen (secondary N) is 2. The highest BCUT2D eigenvalue weighted by Gasteiger charge is 2.20. The minimum atomic E-state index is -3.93. The van der Waals surface area contributed by atoms with Gasteiger partial charge in [0.15, 0.2) is 0 Å². The van der Waals surface area contributed by atoms with Crippen LogP contribution in [0.3, 0.4) is 0 Å². The van der Waals surface area contributed by atoms with Crippen molar-refractivity contribution in [3.05, 3.63) is 43.6 Å². The van der Waals surface area contributed by atoms with Gasteiger partial charge in [0.2, 0.25) is 0 Å². The van der Waals surface area contributed by atoms with E-state index in [0.717, 1.165) is 22.7 Å². The van der Waals surface area contributed by atoms with Gasteiger partial charge >= 0.3 is 0 Å². The predicted octanol–water partition coefficient (Wildman–Crippen LogP) is 2.38. The first-order valence-corrected chi connectivity index (χ1v) is 8.35. The molecule has 2 rings (SSSR count). The van der Waals surface area contributed by atoms with Crippen molar-refractivity contribution in [3.8, 4) is 6.07 Å². The van der Waals surface area contributed by atoms with E-state index in [1.807, 2.05) is 6.07 Å². The maximum Gasteiger partial charge on any atom is 0.266 e. The van der Waals surface area contributed by atoms with Gasteiger partial charge in [-0.2, -0.15) is 5.26 Å². The summed E-state index contributed by atoms with van der Waals surface area (Å²) in [5.74, 6) is 0. The molecule has 0 saturated heterocycles. The molecule has 0 fully saturated rings. The molecule has 0 spiro atoms. The Bertz CT molecular complexity index is 907. The molecule has 0 aliphatic heterocycles. The number of sulfonamides is 1. The Labute approximate surface area is 130 Å². The molecular weight excluding hydrogens is 334 g/mol. The Balaban J connectivity index is 2.47. The monoisotopic (exact) mass is 343 g/mol. The van der Waals surface area contributed by atoms with Gasteiger partial charge in [0.1, 0.15) is 21.0 Å². The highest BCUT2D eigenvalue weighted by atomic mass is 35.5. The van der Waals surface area contributed by atoms with Crippen molar-refractivity contribution in [1.29, 1.82) is 5.26 Å². The number of aromatic amines is 1. The number of aromatic nitrogens is 1. The molecule has 9 heteroatoms. The summed E-state index contributed by atoms with van der Waals surface area (Å²) in [6.07, 6.45) is 1.05. The van der Waals surface area contributed by atoms with Gasteiger partial charge in [-0.15, -0.1) is 11.3 Å². The van der Waals surface area contributed by atoms with Crippen LogP contribution in [0.2, 0.25) is 5.02 Å². The molecule has 6 nitrogen and oxygen atoms in total. The van der Waals surface area contributed by atoms with Gasteiger partial charge < -0.3 is 4.98 Å². The second-order valence-electron chi connectivity index (χ2n) is 4.22. The lowest BCUT2D eigenvalue weighted by atomic mass is 10.2. The average Bonchev–Trinajstić information content (AvgIpc) is 2.66.